The average Bonchev–Trinajstić information content (AvgIpc) is 3.08. The zero-order chi connectivity index (χ0) is 14.8. The van der Waals surface area contributed by atoms with Crippen LogP contribution in [0, 0.1) is 0 Å². The number of carboxylic acids is 1. The van der Waals surface area contributed by atoms with Gasteiger partial charge in [0.25, 0.3) is 0 Å². The smallest absolute Gasteiger partial charge is 0.320 e. The molecule has 0 amide bonds. The molecule has 0 saturated carbocycles. The van der Waals surface area contributed by atoms with Gasteiger partial charge in [-0.2, -0.15) is 5.10 Å². The van der Waals surface area contributed by atoms with Gasteiger partial charge in [-0.1, -0.05) is 6.42 Å². The molecule has 0 spiro atoms. The molecule has 1 unspecified atom stereocenters. The number of rotatable bonds is 4. The van der Waals surface area contributed by atoms with Crippen molar-refractivity contribution in [3.05, 3.63) is 29.4 Å². The van der Waals surface area contributed by atoms with Crippen LogP contribution in [0.15, 0.2) is 24.5 Å². The number of aryl methyl sites for hydroxylation is 1. The highest BCUT2D eigenvalue weighted by Gasteiger charge is 2.28. The van der Waals surface area contributed by atoms with Gasteiger partial charge in [0.15, 0.2) is 0 Å². The van der Waals surface area contributed by atoms with Gasteiger partial charge in [0.1, 0.15) is 6.04 Å². The van der Waals surface area contributed by atoms with Crippen LogP contribution in [0.1, 0.15) is 24.1 Å². The number of piperidine rings is 1. The zero-order valence-electron chi connectivity index (χ0n) is 12.0. The Morgan fingerprint density at radius 2 is 2.33 bits per heavy atom. The highest BCUT2D eigenvalue weighted by molar-refractivity contribution is 7.15. The number of aromatic nitrogens is 2. The summed E-state index contributed by atoms with van der Waals surface area (Å²) in [6.07, 6.45) is 6.72. The first-order chi connectivity index (χ1) is 10.1. The van der Waals surface area contributed by atoms with Crippen LogP contribution in [0.5, 0.6) is 0 Å². The number of hydrogen-bond donors (Lipinski definition) is 1. The molecular weight excluding hydrogens is 286 g/mol. The van der Waals surface area contributed by atoms with Crippen LogP contribution in [0.3, 0.4) is 0 Å². The molecule has 6 heteroatoms. The van der Waals surface area contributed by atoms with Gasteiger partial charge in [-0.25, -0.2) is 0 Å². The molecule has 1 saturated heterocycles. The molecule has 0 aliphatic carbocycles. The molecule has 1 atom stereocenters. The number of carbonyl (C=O) groups is 1. The van der Waals surface area contributed by atoms with Crippen LogP contribution in [0.25, 0.3) is 10.4 Å². The van der Waals surface area contributed by atoms with Gasteiger partial charge in [0, 0.05) is 35.1 Å². The lowest BCUT2D eigenvalue weighted by atomic mass is 10.0. The van der Waals surface area contributed by atoms with Crippen molar-refractivity contribution in [2.75, 3.05) is 6.54 Å². The van der Waals surface area contributed by atoms with E-state index in [4.69, 9.17) is 0 Å². The first kappa shape index (κ1) is 14.3. The molecule has 2 aromatic heterocycles. The summed E-state index contributed by atoms with van der Waals surface area (Å²) < 4.78 is 1.79. The summed E-state index contributed by atoms with van der Waals surface area (Å²) in [6, 6.07) is 3.86. The Morgan fingerprint density at radius 3 is 3.05 bits per heavy atom. The molecule has 0 bridgehead atoms. The monoisotopic (exact) mass is 305 g/mol. The summed E-state index contributed by atoms with van der Waals surface area (Å²) in [7, 11) is 1.91. The van der Waals surface area contributed by atoms with Gasteiger partial charge in [-0.3, -0.25) is 14.4 Å². The number of thiophene rings is 1. The summed E-state index contributed by atoms with van der Waals surface area (Å²) in [5.74, 6) is -0.696. The van der Waals surface area contributed by atoms with Gasteiger partial charge in [0.05, 0.1) is 6.20 Å². The molecule has 1 fully saturated rings. The van der Waals surface area contributed by atoms with E-state index in [1.807, 2.05) is 19.4 Å². The number of carboxylic acid groups (broad SMARTS) is 1. The third-order valence-corrected chi connectivity index (χ3v) is 5.03. The van der Waals surface area contributed by atoms with Crippen molar-refractivity contribution in [2.24, 2.45) is 7.05 Å². The summed E-state index contributed by atoms with van der Waals surface area (Å²) in [4.78, 5) is 15.8. The SMILES string of the molecule is Cn1cc(-c2ccc(CN3CCCCC3C(=O)O)s2)cn1. The second kappa shape index (κ2) is 5.99. The van der Waals surface area contributed by atoms with E-state index in [1.165, 1.54) is 9.75 Å². The lowest BCUT2D eigenvalue weighted by Crippen LogP contribution is -2.43. The maximum absolute atomic E-state index is 11.3. The molecular formula is C15H19N3O2S. The maximum Gasteiger partial charge on any atom is 0.320 e. The molecule has 5 nitrogen and oxygen atoms in total. The van der Waals surface area contributed by atoms with E-state index in [0.717, 1.165) is 37.9 Å². The number of aliphatic carboxylic acids is 1. The predicted octanol–water partition coefficient (Wildman–Crippen LogP) is 2.59. The van der Waals surface area contributed by atoms with E-state index < -0.39 is 5.97 Å². The molecule has 21 heavy (non-hydrogen) atoms. The second-order valence-corrected chi connectivity index (χ2v) is 6.66. The van der Waals surface area contributed by atoms with Crippen LogP contribution in [0.2, 0.25) is 0 Å². The van der Waals surface area contributed by atoms with E-state index in [0.29, 0.717) is 0 Å². The quantitative estimate of drug-likeness (QED) is 0.943. The van der Waals surface area contributed by atoms with Crippen molar-refractivity contribution >= 4 is 17.3 Å². The minimum absolute atomic E-state index is 0.331. The third kappa shape index (κ3) is 3.16. The van der Waals surface area contributed by atoms with Crippen LogP contribution in [-0.2, 0) is 18.4 Å². The molecule has 1 aliphatic rings. The standard InChI is InChI=1S/C15H19N3O2S/c1-17-9-11(8-16-17)14-6-5-12(21-14)10-18-7-3-2-4-13(18)15(19)20/h5-6,8-9,13H,2-4,7,10H2,1H3,(H,19,20). The van der Waals surface area contributed by atoms with Gasteiger partial charge >= 0.3 is 5.97 Å². The highest BCUT2D eigenvalue weighted by Crippen LogP contribution is 2.29. The lowest BCUT2D eigenvalue weighted by molar-refractivity contribution is -0.144. The van der Waals surface area contributed by atoms with E-state index >= 15 is 0 Å². The van der Waals surface area contributed by atoms with Crippen molar-refractivity contribution in [1.29, 1.82) is 0 Å². The largest absolute Gasteiger partial charge is 0.480 e. The molecule has 2 aromatic rings. The molecule has 3 heterocycles. The van der Waals surface area contributed by atoms with Gasteiger partial charge in [-0.05, 0) is 31.5 Å². The Labute approximate surface area is 127 Å². The summed E-state index contributed by atoms with van der Waals surface area (Å²) in [5.41, 5.74) is 1.11. The van der Waals surface area contributed by atoms with Crippen LogP contribution >= 0.6 is 11.3 Å². The average molecular weight is 305 g/mol. The normalized spacial score (nSPS) is 19.8. The van der Waals surface area contributed by atoms with Crippen molar-refractivity contribution in [2.45, 2.75) is 31.8 Å². The van der Waals surface area contributed by atoms with Gasteiger partial charge < -0.3 is 5.11 Å². The minimum atomic E-state index is -0.696. The van der Waals surface area contributed by atoms with Crippen molar-refractivity contribution in [3.8, 4) is 10.4 Å². The maximum atomic E-state index is 11.3. The summed E-state index contributed by atoms with van der Waals surface area (Å²) >= 11 is 1.72. The summed E-state index contributed by atoms with van der Waals surface area (Å²) in [6.45, 7) is 1.60. The Morgan fingerprint density at radius 1 is 1.48 bits per heavy atom. The van der Waals surface area contributed by atoms with E-state index in [9.17, 15) is 9.90 Å². The fraction of sp³-hybridized carbons (Fsp3) is 0.467. The van der Waals surface area contributed by atoms with E-state index in [1.54, 1.807) is 16.0 Å². The topological polar surface area (TPSA) is 58.4 Å². The fourth-order valence-electron chi connectivity index (χ4n) is 2.83. The van der Waals surface area contributed by atoms with E-state index in [-0.39, 0.29) is 6.04 Å². The number of hydrogen-bond acceptors (Lipinski definition) is 4. The Kier molecular flexibility index (Phi) is 4.07. The molecule has 1 aliphatic heterocycles. The summed E-state index contributed by atoms with van der Waals surface area (Å²) in [5, 5.41) is 13.5. The molecule has 0 radical (unpaired) electrons. The number of nitrogens with zero attached hydrogens (tertiary/aromatic N) is 3. The fourth-order valence-corrected chi connectivity index (χ4v) is 3.83. The van der Waals surface area contributed by atoms with Crippen molar-refractivity contribution in [3.63, 3.8) is 0 Å². The predicted molar refractivity (Wildman–Crippen MR) is 82.2 cm³/mol. The molecule has 3 rings (SSSR count). The highest BCUT2D eigenvalue weighted by atomic mass is 32.1. The third-order valence-electron chi connectivity index (χ3n) is 3.91. The van der Waals surface area contributed by atoms with Crippen LogP contribution in [-0.4, -0.2) is 38.3 Å². The second-order valence-electron chi connectivity index (χ2n) is 5.49. The van der Waals surface area contributed by atoms with Crippen LogP contribution < -0.4 is 0 Å². The molecule has 112 valence electrons. The van der Waals surface area contributed by atoms with Gasteiger partial charge in [0.2, 0.25) is 0 Å². The Balaban J connectivity index is 1.73. The molecule has 0 aromatic carbocycles. The zero-order valence-corrected chi connectivity index (χ0v) is 12.8. The van der Waals surface area contributed by atoms with E-state index in [2.05, 4.69) is 22.1 Å². The number of likely N-dealkylation sites (tertiary alicyclic amines) is 1. The Bertz CT molecular complexity index is 634. The van der Waals surface area contributed by atoms with Gasteiger partial charge in [-0.15, -0.1) is 11.3 Å². The van der Waals surface area contributed by atoms with Crippen molar-refractivity contribution in [1.82, 2.24) is 14.7 Å². The Hall–Kier alpha value is -1.66. The lowest BCUT2D eigenvalue weighted by Gasteiger charge is -2.32. The first-order valence-corrected chi connectivity index (χ1v) is 8.00. The van der Waals surface area contributed by atoms with Crippen molar-refractivity contribution < 1.29 is 9.90 Å². The first-order valence-electron chi connectivity index (χ1n) is 7.18. The van der Waals surface area contributed by atoms with Crippen LogP contribution in [0.4, 0.5) is 0 Å². The minimum Gasteiger partial charge on any atom is -0.480 e. The molecule has 1 N–H and O–H groups in total.